The van der Waals surface area contributed by atoms with Gasteiger partial charge in [-0.05, 0) is 19.8 Å². The second kappa shape index (κ2) is 5.95. The number of nitrogens with two attached hydrogens (primary N) is 2. The fourth-order valence-corrected chi connectivity index (χ4v) is 2.21. The van der Waals surface area contributed by atoms with Crippen molar-refractivity contribution >= 4 is 17.6 Å². The van der Waals surface area contributed by atoms with Crippen LogP contribution in [0.4, 0.5) is 0 Å². The largest absolute Gasteiger partial charge is 0.370 e. The third kappa shape index (κ3) is 3.80. The number of rotatable bonds is 5. The maximum absolute atomic E-state index is 12.1. The maximum atomic E-state index is 12.1. The Morgan fingerprint density at radius 2 is 1.78 bits per heavy atom. The minimum absolute atomic E-state index is 0.183. The zero-order valence-electron chi connectivity index (χ0n) is 10.7. The summed E-state index contributed by atoms with van der Waals surface area (Å²) in [5.41, 5.74) is 10.2. The van der Waals surface area contributed by atoms with Gasteiger partial charge in [0.2, 0.25) is 11.8 Å². The lowest BCUT2D eigenvalue weighted by atomic mass is 9.81. The number of carbonyl (C=O) groups is 3. The highest BCUT2D eigenvalue weighted by Gasteiger charge is 2.36. The van der Waals surface area contributed by atoms with Gasteiger partial charge in [0.1, 0.15) is 0 Å². The second-order valence-corrected chi connectivity index (χ2v) is 5.02. The van der Waals surface area contributed by atoms with Crippen molar-refractivity contribution in [3.8, 4) is 0 Å². The summed E-state index contributed by atoms with van der Waals surface area (Å²) in [5, 5.41) is 2.54. The van der Waals surface area contributed by atoms with Crippen LogP contribution in [-0.4, -0.2) is 29.2 Å². The Bertz CT molecular complexity index is 348. The smallest absolute Gasteiger partial charge is 0.240 e. The molecule has 6 heteroatoms. The van der Waals surface area contributed by atoms with E-state index in [0.29, 0.717) is 12.8 Å². The Kier molecular flexibility index (Phi) is 4.84. The molecule has 0 unspecified atom stereocenters. The van der Waals surface area contributed by atoms with Gasteiger partial charge in [-0.1, -0.05) is 19.3 Å². The van der Waals surface area contributed by atoms with E-state index < -0.39 is 17.5 Å². The Morgan fingerprint density at radius 1 is 1.22 bits per heavy atom. The zero-order chi connectivity index (χ0) is 13.8. The highest BCUT2D eigenvalue weighted by atomic mass is 16.2. The molecule has 18 heavy (non-hydrogen) atoms. The molecule has 0 heterocycles. The standard InChI is InChI=1S/C12H21N3O3/c1-8(16)9(7-10(13)17)15-11(18)12(14)5-3-2-4-6-12/h9H,2-7,14H2,1H3,(H2,13,17)(H,15,18)/t9-/m0/s1. The van der Waals surface area contributed by atoms with E-state index >= 15 is 0 Å². The molecule has 1 fully saturated rings. The van der Waals surface area contributed by atoms with Gasteiger partial charge >= 0.3 is 0 Å². The van der Waals surface area contributed by atoms with Crippen molar-refractivity contribution in [1.82, 2.24) is 5.32 Å². The van der Waals surface area contributed by atoms with Gasteiger partial charge in [-0.15, -0.1) is 0 Å². The molecule has 0 aromatic rings. The van der Waals surface area contributed by atoms with Crippen LogP contribution in [0, 0.1) is 0 Å². The van der Waals surface area contributed by atoms with Crippen LogP contribution in [0.1, 0.15) is 45.4 Å². The molecule has 0 bridgehead atoms. The van der Waals surface area contributed by atoms with E-state index in [0.717, 1.165) is 19.3 Å². The summed E-state index contributed by atoms with van der Waals surface area (Å²) in [6, 6.07) is -0.864. The van der Waals surface area contributed by atoms with Gasteiger partial charge in [-0.25, -0.2) is 0 Å². The lowest BCUT2D eigenvalue weighted by molar-refractivity contribution is -0.132. The van der Waals surface area contributed by atoms with Crippen molar-refractivity contribution in [1.29, 1.82) is 0 Å². The summed E-state index contributed by atoms with van der Waals surface area (Å²) in [4.78, 5) is 34.3. The predicted molar refractivity (Wildman–Crippen MR) is 66.4 cm³/mol. The van der Waals surface area contributed by atoms with Gasteiger partial charge in [0.15, 0.2) is 5.78 Å². The maximum Gasteiger partial charge on any atom is 0.240 e. The molecule has 0 aromatic heterocycles. The topological polar surface area (TPSA) is 115 Å². The minimum Gasteiger partial charge on any atom is -0.370 e. The Hall–Kier alpha value is -1.43. The normalized spacial score (nSPS) is 19.9. The average molecular weight is 255 g/mol. The number of hydrogen-bond donors (Lipinski definition) is 3. The van der Waals surface area contributed by atoms with E-state index in [1.807, 2.05) is 0 Å². The molecule has 0 spiro atoms. The van der Waals surface area contributed by atoms with Gasteiger partial charge in [-0.2, -0.15) is 0 Å². The number of amides is 2. The number of Topliss-reactive ketones (excluding diaryl/α,β-unsaturated/α-hetero) is 1. The molecule has 1 aliphatic rings. The molecule has 1 aliphatic carbocycles. The van der Waals surface area contributed by atoms with Crippen LogP contribution < -0.4 is 16.8 Å². The second-order valence-electron chi connectivity index (χ2n) is 5.02. The number of ketones is 1. The van der Waals surface area contributed by atoms with Crippen molar-refractivity contribution in [2.45, 2.75) is 57.0 Å². The van der Waals surface area contributed by atoms with E-state index in [-0.39, 0.29) is 18.1 Å². The summed E-state index contributed by atoms with van der Waals surface area (Å²) in [7, 11) is 0. The van der Waals surface area contributed by atoms with Gasteiger partial charge < -0.3 is 16.8 Å². The first-order valence-electron chi connectivity index (χ1n) is 6.24. The molecule has 0 aromatic carbocycles. The molecule has 0 aliphatic heterocycles. The third-order valence-corrected chi connectivity index (χ3v) is 3.40. The minimum atomic E-state index is -0.913. The number of primary amides is 1. The summed E-state index contributed by atoms with van der Waals surface area (Å²) < 4.78 is 0. The summed E-state index contributed by atoms with van der Waals surface area (Å²) >= 11 is 0. The molecular weight excluding hydrogens is 234 g/mol. The van der Waals surface area contributed by atoms with E-state index in [1.165, 1.54) is 6.92 Å². The molecule has 0 radical (unpaired) electrons. The fraction of sp³-hybridized carbons (Fsp3) is 0.750. The van der Waals surface area contributed by atoms with Crippen LogP contribution >= 0.6 is 0 Å². The molecule has 1 rings (SSSR count). The predicted octanol–water partition coefficient (Wildman–Crippen LogP) is -0.403. The molecule has 2 amide bonds. The first kappa shape index (κ1) is 14.6. The van der Waals surface area contributed by atoms with Gasteiger partial charge in [0, 0.05) is 0 Å². The van der Waals surface area contributed by atoms with E-state index in [4.69, 9.17) is 11.5 Å². The monoisotopic (exact) mass is 255 g/mol. The van der Waals surface area contributed by atoms with Crippen molar-refractivity contribution in [2.75, 3.05) is 0 Å². The fourth-order valence-electron chi connectivity index (χ4n) is 2.21. The SMILES string of the molecule is CC(=O)[C@H](CC(N)=O)NC(=O)C1(N)CCCCC1. The van der Waals surface area contributed by atoms with E-state index in [9.17, 15) is 14.4 Å². The van der Waals surface area contributed by atoms with Crippen LogP contribution in [0.2, 0.25) is 0 Å². The average Bonchev–Trinajstić information content (AvgIpc) is 2.28. The molecule has 6 nitrogen and oxygen atoms in total. The third-order valence-electron chi connectivity index (χ3n) is 3.40. The number of carbonyl (C=O) groups excluding carboxylic acids is 3. The van der Waals surface area contributed by atoms with Gasteiger partial charge in [0.25, 0.3) is 0 Å². The summed E-state index contributed by atoms with van der Waals surface area (Å²) in [6.07, 6.45) is 3.93. The van der Waals surface area contributed by atoms with Crippen molar-refractivity contribution in [3.63, 3.8) is 0 Å². The molecule has 0 saturated heterocycles. The Labute approximate surface area is 106 Å². The molecular formula is C12H21N3O3. The first-order valence-corrected chi connectivity index (χ1v) is 6.24. The van der Waals surface area contributed by atoms with Crippen LogP contribution in [0.3, 0.4) is 0 Å². The summed E-state index contributed by atoms with van der Waals surface area (Å²) in [5.74, 6) is -1.27. The summed E-state index contributed by atoms with van der Waals surface area (Å²) in [6.45, 7) is 1.32. The molecule has 1 saturated carbocycles. The van der Waals surface area contributed by atoms with Crippen LogP contribution in [-0.2, 0) is 14.4 Å². The van der Waals surface area contributed by atoms with Crippen molar-refractivity contribution in [2.24, 2.45) is 11.5 Å². The van der Waals surface area contributed by atoms with E-state index in [2.05, 4.69) is 5.32 Å². The molecule has 102 valence electrons. The number of hydrogen-bond acceptors (Lipinski definition) is 4. The Morgan fingerprint density at radius 3 is 2.22 bits per heavy atom. The highest BCUT2D eigenvalue weighted by molar-refractivity contribution is 5.94. The van der Waals surface area contributed by atoms with Gasteiger partial charge in [-0.3, -0.25) is 14.4 Å². The van der Waals surface area contributed by atoms with Crippen LogP contribution in [0.15, 0.2) is 0 Å². The lowest BCUT2D eigenvalue weighted by Gasteiger charge is -2.33. The van der Waals surface area contributed by atoms with Crippen molar-refractivity contribution in [3.05, 3.63) is 0 Å². The Balaban J connectivity index is 2.65. The highest BCUT2D eigenvalue weighted by Crippen LogP contribution is 2.26. The first-order chi connectivity index (χ1) is 8.35. The van der Waals surface area contributed by atoms with Crippen LogP contribution in [0.5, 0.6) is 0 Å². The number of nitrogens with one attached hydrogen (secondary N) is 1. The quantitative estimate of drug-likeness (QED) is 0.619. The van der Waals surface area contributed by atoms with Crippen LogP contribution in [0.25, 0.3) is 0 Å². The van der Waals surface area contributed by atoms with E-state index in [1.54, 1.807) is 0 Å². The zero-order valence-corrected chi connectivity index (χ0v) is 10.7. The lowest BCUT2D eigenvalue weighted by Crippen LogP contribution is -2.58. The molecule has 5 N–H and O–H groups in total. The van der Waals surface area contributed by atoms with Gasteiger partial charge in [0.05, 0.1) is 18.0 Å². The molecule has 1 atom stereocenters. The van der Waals surface area contributed by atoms with Crippen molar-refractivity contribution < 1.29 is 14.4 Å².